The normalized spacial score (nSPS) is 17.4. The molecular formula is C17H14ClN5. The smallest absolute Gasteiger partial charge is 0.147 e. The van der Waals surface area contributed by atoms with Crippen LogP contribution in [0.15, 0.2) is 55.0 Å². The summed E-state index contributed by atoms with van der Waals surface area (Å²) in [6, 6.07) is 5.60. The fourth-order valence-electron chi connectivity index (χ4n) is 2.67. The number of fused-ring (bicyclic) bond motifs is 1. The maximum atomic E-state index is 6.14. The Labute approximate surface area is 138 Å². The molecule has 0 amide bonds. The molecule has 23 heavy (non-hydrogen) atoms. The molecule has 1 aliphatic rings. The van der Waals surface area contributed by atoms with Crippen LogP contribution >= 0.6 is 11.6 Å². The Hall–Kier alpha value is -2.66. The van der Waals surface area contributed by atoms with Crippen LogP contribution in [0.5, 0.6) is 0 Å². The highest BCUT2D eigenvalue weighted by Gasteiger charge is 2.17. The minimum Gasteiger partial charge on any atom is -0.384 e. The van der Waals surface area contributed by atoms with Crippen LogP contribution in [-0.4, -0.2) is 24.9 Å². The minimum absolute atomic E-state index is 0.0355. The van der Waals surface area contributed by atoms with Gasteiger partial charge in [-0.1, -0.05) is 12.2 Å². The van der Waals surface area contributed by atoms with Gasteiger partial charge in [-0.15, -0.1) is 11.6 Å². The number of hydrogen-bond acceptors (Lipinski definition) is 4. The van der Waals surface area contributed by atoms with E-state index in [4.69, 9.17) is 22.3 Å². The molecule has 1 unspecified atom stereocenters. The summed E-state index contributed by atoms with van der Waals surface area (Å²) in [6.45, 7) is 0. The maximum Gasteiger partial charge on any atom is 0.147 e. The van der Waals surface area contributed by atoms with Gasteiger partial charge in [0, 0.05) is 23.7 Å². The lowest BCUT2D eigenvalue weighted by Crippen LogP contribution is -2.04. The summed E-state index contributed by atoms with van der Waals surface area (Å²) >= 11 is 6.14. The lowest BCUT2D eigenvalue weighted by atomic mass is 10.1. The number of imidazole rings is 1. The first-order chi connectivity index (χ1) is 11.2. The zero-order valence-corrected chi connectivity index (χ0v) is 13.0. The highest BCUT2D eigenvalue weighted by molar-refractivity contribution is 6.22. The Balaban J connectivity index is 1.95. The molecule has 114 valence electrons. The van der Waals surface area contributed by atoms with Gasteiger partial charge in [-0.25, -0.2) is 9.97 Å². The van der Waals surface area contributed by atoms with Crippen LogP contribution in [-0.2, 0) is 0 Å². The second-order valence-corrected chi connectivity index (χ2v) is 5.91. The third kappa shape index (κ3) is 2.49. The van der Waals surface area contributed by atoms with Crippen molar-refractivity contribution in [3.8, 4) is 11.4 Å². The van der Waals surface area contributed by atoms with Gasteiger partial charge < -0.3 is 5.73 Å². The summed E-state index contributed by atoms with van der Waals surface area (Å²) < 4.78 is 2.08. The SMILES string of the molecule is Nc1ccc(-c2nc3ccncc3n2C2=CCC(Cl)C=C2)cn1. The topological polar surface area (TPSA) is 69.6 Å². The monoisotopic (exact) mass is 323 g/mol. The molecule has 5 nitrogen and oxygen atoms in total. The average Bonchev–Trinajstić information content (AvgIpc) is 2.96. The van der Waals surface area contributed by atoms with Crippen molar-refractivity contribution in [1.82, 2.24) is 19.5 Å². The van der Waals surface area contributed by atoms with Gasteiger partial charge in [-0.2, -0.15) is 0 Å². The molecule has 0 saturated carbocycles. The van der Waals surface area contributed by atoms with Gasteiger partial charge in [0.25, 0.3) is 0 Å². The van der Waals surface area contributed by atoms with Gasteiger partial charge in [0.05, 0.1) is 22.6 Å². The Morgan fingerprint density at radius 2 is 2.13 bits per heavy atom. The third-order valence-electron chi connectivity index (χ3n) is 3.79. The number of hydrogen-bond donors (Lipinski definition) is 1. The molecule has 6 heteroatoms. The van der Waals surface area contributed by atoms with E-state index in [1.165, 1.54) is 0 Å². The van der Waals surface area contributed by atoms with Crippen LogP contribution in [0.4, 0.5) is 5.82 Å². The van der Waals surface area contributed by atoms with E-state index in [0.29, 0.717) is 5.82 Å². The van der Waals surface area contributed by atoms with E-state index < -0.39 is 0 Å². The molecule has 1 aliphatic carbocycles. The van der Waals surface area contributed by atoms with Gasteiger partial charge in [0.15, 0.2) is 0 Å². The van der Waals surface area contributed by atoms with E-state index in [1.807, 2.05) is 30.5 Å². The van der Waals surface area contributed by atoms with Crippen molar-refractivity contribution in [1.29, 1.82) is 0 Å². The van der Waals surface area contributed by atoms with E-state index in [0.717, 1.165) is 34.5 Å². The number of rotatable bonds is 2. The first kappa shape index (κ1) is 14.0. The largest absolute Gasteiger partial charge is 0.384 e. The van der Waals surface area contributed by atoms with Crippen molar-refractivity contribution in [2.24, 2.45) is 0 Å². The van der Waals surface area contributed by atoms with Crippen LogP contribution in [0.3, 0.4) is 0 Å². The molecule has 3 aromatic rings. The summed E-state index contributed by atoms with van der Waals surface area (Å²) in [5.41, 5.74) is 9.45. The number of allylic oxidation sites excluding steroid dienone is 4. The van der Waals surface area contributed by atoms with Gasteiger partial charge >= 0.3 is 0 Å². The van der Waals surface area contributed by atoms with Crippen LogP contribution in [0.25, 0.3) is 28.1 Å². The Morgan fingerprint density at radius 1 is 1.22 bits per heavy atom. The number of nitrogens with zero attached hydrogens (tertiary/aromatic N) is 4. The van der Waals surface area contributed by atoms with Gasteiger partial charge in [-0.3, -0.25) is 9.55 Å². The second-order valence-electron chi connectivity index (χ2n) is 5.35. The maximum absolute atomic E-state index is 6.14. The summed E-state index contributed by atoms with van der Waals surface area (Å²) in [4.78, 5) is 13.1. The van der Waals surface area contributed by atoms with E-state index in [1.54, 1.807) is 18.5 Å². The van der Waals surface area contributed by atoms with Gasteiger partial charge in [0.2, 0.25) is 0 Å². The summed E-state index contributed by atoms with van der Waals surface area (Å²) in [5.74, 6) is 1.30. The average molecular weight is 324 g/mol. The third-order valence-corrected chi connectivity index (χ3v) is 4.11. The van der Waals surface area contributed by atoms with Crippen molar-refractivity contribution in [2.45, 2.75) is 11.8 Å². The number of anilines is 1. The molecular weight excluding hydrogens is 310 g/mol. The minimum atomic E-state index is 0.0355. The number of nitrogens with two attached hydrogens (primary N) is 1. The molecule has 3 heterocycles. The second kappa shape index (κ2) is 5.52. The molecule has 2 N–H and O–H groups in total. The zero-order chi connectivity index (χ0) is 15.8. The predicted octanol–water partition coefficient (Wildman–Crippen LogP) is 3.48. The Morgan fingerprint density at radius 3 is 2.87 bits per heavy atom. The standard InChI is InChI=1S/C17H14ClN5/c18-12-2-4-13(5-3-12)23-15-10-20-8-7-14(15)22-17(23)11-1-6-16(19)21-9-11/h1-2,4-10,12H,3H2,(H2,19,21). The highest BCUT2D eigenvalue weighted by Crippen LogP contribution is 2.30. The molecule has 3 aromatic heterocycles. The molecule has 0 spiro atoms. The molecule has 1 atom stereocenters. The lowest BCUT2D eigenvalue weighted by molar-refractivity contribution is 1.01. The first-order valence-electron chi connectivity index (χ1n) is 7.29. The van der Waals surface area contributed by atoms with Crippen molar-refractivity contribution in [3.05, 3.63) is 55.0 Å². The summed E-state index contributed by atoms with van der Waals surface area (Å²) in [6.07, 6.45) is 12.2. The molecule has 0 saturated heterocycles. The van der Waals surface area contributed by atoms with Crippen molar-refractivity contribution in [2.75, 3.05) is 5.73 Å². The molecule has 0 aromatic carbocycles. The van der Waals surface area contributed by atoms with E-state index >= 15 is 0 Å². The Bertz CT molecular complexity index is 924. The molecule has 0 aliphatic heterocycles. The van der Waals surface area contributed by atoms with Gasteiger partial charge in [-0.05, 0) is 30.7 Å². The van der Waals surface area contributed by atoms with Crippen LogP contribution < -0.4 is 5.73 Å². The van der Waals surface area contributed by atoms with Crippen LogP contribution in [0.1, 0.15) is 6.42 Å². The fraction of sp³-hybridized carbons (Fsp3) is 0.118. The molecule has 0 bridgehead atoms. The van der Waals surface area contributed by atoms with Crippen molar-refractivity contribution in [3.63, 3.8) is 0 Å². The number of alkyl halides is 1. The highest BCUT2D eigenvalue weighted by atomic mass is 35.5. The van der Waals surface area contributed by atoms with Crippen molar-refractivity contribution < 1.29 is 0 Å². The number of nitrogen functional groups attached to an aromatic ring is 1. The first-order valence-corrected chi connectivity index (χ1v) is 7.73. The quantitative estimate of drug-likeness (QED) is 0.733. The van der Waals surface area contributed by atoms with E-state index in [-0.39, 0.29) is 5.38 Å². The van der Waals surface area contributed by atoms with E-state index in [2.05, 4.69) is 20.6 Å². The molecule has 4 rings (SSSR count). The number of halogens is 1. The van der Waals surface area contributed by atoms with Crippen molar-refractivity contribution >= 4 is 34.1 Å². The Kier molecular flexibility index (Phi) is 3.35. The summed E-state index contributed by atoms with van der Waals surface area (Å²) in [7, 11) is 0. The number of aromatic nitrogens is 4. The van der Waals surface area contributed by atoms with Gasteiger partial charge in [0.1, 0.15) is 11.6 Å². The predicted molar refractivity (Wildman–Crippen MR) is 92.8 cm³/mol. The van der Waals surface area contributed by atoms with Crippen LogP contribution in [0, 0.1) is 0 Å². The number of pyridine rings is 2. The van der Waals surface area contributed by atoms with E-state index in [9.17, 15) is 0 Å². The summed E-state index contributed by atoms with van der Waals surface area (Å²) in [5, 5.41) is 0.0355. The lowest BCUT2D eigenvalue weighted by Gasteiger charge is -2.15. The fourth-order valence-corrected chi connectivity index (χ4v) is 2.83. The molecule has 0 radical (unpaired) electrons. The molecule has 0 fully saturated rings. The zero-order valence-electron chi connectivity index (χ0n) is 12.2. The van der Waals surface area contributed by atoms with Crippen LogP contribution in [0.2, 0.25) is 0 Å².